The van der Waals surface area contributed by atoms with E-state index in [1.54, 1.807) is 24.7 Å². The summed E-state index contributed by atoms with van der Waals surface area (Å²) < 4.78 is 32.0. The van der Waals surface area contributed by atoms with Crippen molar-refractivity contribution in [2.45, 2.75) is 45.7 Å². The maximum atomic E-state index is 12.9. The predicted octanol–water partition coefficient (Wildman–Crippen LogP) is 2.49. The van der Waals surface area contributed by atoms with Crippen molar-refractivity contribution in [1.82, 2.24) is 24.3 Å². The Morgan fingerprint density at radius 2 is 1.77 bits per heavy atom. The van der Waals surface area contributed by atoms with Gasteiger partial charge in [-0.1, -0.05) is 18.2 Å². The molecule has 0 radical (unpaired) electrons. The fourth-order valence-electron chi connectivity index (χ4n) is 3.06. The normalized spacial score (nSPS) is 11.8. The molecule has 1 N–H and O–H groups in total. The zero-order valence-electron chi connectivity index (χ0n) is 15.4. The van der Waals surface area contributed by atoms with E-state index >= 15 is 0 Å². The first-order valence-corrected chi connectivity index (χ1v) is 9.96. The van der Waals surface area contributed by atoms with Crippen LogP contribution in [0.1, 0.15) is 29.6 Å². The van der Waals surface area contributed by atoms with Gasteiger partial charge >= 0.3 is 0 Å². The van der Waals surface area contributed by atoms with Crippen LogP contribution in [0.3, 0.4) is 0 Å². The molecule has 138 valence electrons. The predicted molar refractivity (Wildman–Crippen MR) is 99.7 cm³/mol. The summed E-state index contributed by atoms with van der Waals surface area (Å²) in [5.74, 6) is 0. The molecule has 0 saturated heterocycles. The second kappa shape index (κ2) is 7.05. The van der Waals surface area contributed by atoms with Crippen LogP contribution in [0.2, 0.25) is 0 Å². The molecule has 0 amide bonds. The van der Waals surface area contributed by atoms with Crippen LogP contribution >= 0.6 is 0 Å². The summed E-state index contributed by atoms with van der Waals surface area (Å²) >= 11 is 0. The molecule has 0 aliphatic heterocycles. The lowest BCUT2D eigenvalue weighted by Gasteiger charge is -2.08. The summed E-state index contributed by atoms with van der Waals surface area (Å²) in [6.45, 7) is 8.36. The number of aryl methyl sites for hydroxylation is 2. The van der Waals surface area contributed by atoms with Gasteiger partial charge in [-0.2, -0.15) is 10.2 Å². The molecule has 2 aromatic heterocycles. The molecule has 2 heterocycles. The highest BCUT2D eigenvalue weighted by molar-refractivity contribution is 7.89. The Morgan fingerprint density at radius 3 is 2.38 bits per heavy atom. The smallest absolute Gasteiger partial charge is 0.244 e. The minimum absolute atomic E-state index is 0.198. The van der Waals surface area contributed by atoms with Crippen LogP contribution in [-0.4, -0.2) is 28.0 Å². The molecule has 0 aliphatic rings. The van der Waals surface area contributed by atoms with Gasteiger partial charge in [-0.3, -0.25) is 4.68 Å². The van der Waals surface area contributed by atoms with Gasteiger partial charge in [0.05, 0.1) is 23.3 Å². The number of aromatic nitrogens is 4. The van der Waals surface area contributed by atoms with Gasteiger partial charge < -0.3 is 0 Å². The standard InChI is InChI=1S/C18H23N5O2S/c1-5-22-14(3)16(11-19-22)12-20-26(24,25)18-13(2)21-23(15(18)4)17-9-7-6-8-10-17/h6-11,20H,5,12H2,1-4H3. The molecule has 0 atom stereocenters. The van der Waals surface area contributed by atoms with Crippen molar-refractivity contribution in [3.8, 4) is 5.69 Å². The van der Waals surface area contributed by atoms with Crippen molar-refractivity contribution < 1.29 is 8.42 Å². The molecule has 0 bridgehead atoms. The topological polar surface area (TPSA) is 81.8 Å². The maximum Gasteiger partial charge on any atom is 0.244 e. The summed E-state index contributed by atoms with van der Waals surface area (Å²) in [7, 11) is -3.69. The van der Waals surface area contributed by atoms with Crippen molar-refractivity contribution >= 4 is 10.0 Å². The van der Waals surface area contributed by atoms with Crippen LogP contribution in [-0.2, 0) is 23.1 Å². The molecular formula is C18H23N5O2S. The molecule has 3 aromatic rings. The largest absolute Gasteiger partial charge is 0.270 e. The second-order valence-corrected chi connectivity index (χ2v) is 7.85. The van der Waals surface area contributed by atoms with Crippen molar-refractivity contribution in [3.05, 3.63) is 59.2 Å². The number of nitrogens with zero attached hydrogens (tertiary/aromatic N) is 4. The van der Waals surface area contributed by atoms with Gasteiger partial charge in [-0.05, 0) is 39.8 Å². The third kappa shape index (κ3) is 3.30. The van der Waals surface area contributed by atoms with E-state index in [2.05, 4.69) is 14.9 Å². The van der Waals surface area contributed by atoms with E-state index in [-0.39, 0.29) is 11.4 Å². The van der Waals surface area contributed by atoms with Crippen LogP contribution in [0.5, 0.6) is 0 Å². The lowest BCUT2D eigenvalue weighted by Crippen LogP contribution is -2.24. The highest BCUT2D eigenvalue weighted by Gasteiger charge is 2.25. The number of hydrogen-bond donors (Lipinski definition) is 1. The lowest BCUT2D eigenvalue weighted by atomic mass is 10.3. The summed E-state index contributed by atoms with van der Waals surface area (Å²) in [5, 5.41) is 8.67. The Balaban J connectivity index is 1.90. The number of nitrogens with one attached hydrogen (secondary N) is 1. The van der Waals surface area contributed by atoms with Gasteiger partial charge in [0.25, 0.3) is 0 Å². The SMILES string of the molecule is CCn1ncc(CNS(=O)(=O)c2c(C)nn(-c3ccccc3)c2C)c1C. The highest BCUT2D eigenvalue weighted by Crippen LogP contribution is 2.22. The van der Waals surface area contributed by atoms with E-state index in [0.29, 0.717) is 11.4 Å². The van der Waals surface area contributed by atoms with E-state index in [1.807, 2.05) is 48.9 Å². The average molecular weight is 373 g/mol. The zero-order chi connectivity index (χ0) is 18.9. The molecule has 3 rings (SSSR count). The molecule has 0 unspecified atom stereocenters. The molecule has 0 aliphatic carbocycles. The highest BCUT2D eigenvalue weighted by atomic mass is 32.2. The molecule has 0 spiro atoms. The van der Waals surface area contributed by atoms with Crippen molar-refractivity contribution in [1.29, 1.82) is 0 Å². The van der Waals surface area contributed by atoms with Crippen molar-refractivity contribution in [3.63, 3.8) is 0 Å². The Morgan fingerprint density at radius 1 is 1.08 bits per heavy atom. The summed E-state index contributed by atoms with van der Waals surface area (Å²) in [6.07, 6.45) is 1.70. The van der Waals surface area contributed by atoms with E-state index < -0.39 is 10.0 Å². The fraction of sp³-hybridized carbons (Fsp3) is 0.333. The molecule has 26 heavy (non-hydrogen) atoms. The first-order valence-electron chi connectivity index (χ1n) is 8.47. The van der Waals surface area contributed by atoms with Crippen LogP contribution in [0.15, 0.2) is 41.4 Å². The van der Waals surface area contributed by atoms with E-state index in [0.717, 1.165) is 23.5 Å². The molecule has 0 saturated carbocycles. The molecule has 8 heteroatoms. The zero-order valence-corrected chi connectivity index (χ0v) is 16.2. The van der Waals surface area contributed by atoms with Gasteiger partial charge in [0, 0.05) is 24.3 Å². The second-order valence-electron chi connectivity index (χ2n) is 6.14. The first kappa shape index (κ1) is 18.3. The Hall–Kier alpha value is -2.45. The van der Waals surface area contributed by atoms with Gasteiger partial charge in [-0.25, -0.2) is 17.8 Å². The minimum Gasteiger partial charge on any atom is -0.270 e. The van der Waals surface area contributed by atoms with Gasteiger partial charge in [0.15, 0.2) is 0 Å². The van der Waals surface area contributed by atoms with Crippen LogP contribution in [0.25, 0.3) is 5.69 Å². The third-order valence-corrected chi connectivity index (χ3v) is 6.10. The Bertz CT molecular complexity index is 1020. The van der Waals surface area contributed by atoms with Crippen molar-refractivity contribution in [2.75, 3.05) is 0 Å². The average Bonchev–Trinajstić information content (AvgIpc) is 3.13. The maximum absolute atomic E-state index is 12.9. The number of rotatable bonds is 6. The van der Waals surface area contributed by atoms with Crippen LogP contribution in [0.4, 0.5) is 0 Å². The number of sulfonamides is 1. The van der Waals surface area contributed by atoms with Gasteiger partial charge in [0.2, 0.25) is 10.0 Å². The van der Waals surface area contributed by atoms with E-state index in [4.69, 9.17) is 0 Å². The van der Waals surface area contributed by atoms with E-state index in [9.17, 15) is 8.42 Å². The minimum atomic E-state index is -3.69. The summed E-state index contributed by atoms with van der Waals surface area (Å²) in [6, 6.07) is 9.49. The third-order valence-electron chi connectivity index (χ3n) is 4.45. The first-order chi connectivity index (χ1) is 12.3. The fourth-order valence-corrected chi connectivity index (χ4v) is 4.46. The Labute approximate surface area is 153 Å². The molecule has 1 aromatic carbocycles. The quantitative estimate of drug-likeness (QED) is 0.720. The van der Waals surface area contributed by atoms with Gasteiger partial charge in [-0.15, -0.1) is 0 Å². The molecule has 0 fully saturated rings. The van der Waals surface area contributed by atoms with E-state index in [1.165, 1.54) is 0 Å². The van der Waals surface area contributed by atoms with Gasteiger partial charge in [0.1, 0.15) is 4.90 Å². The van der Waals surface area contributed by atoms with Crippen LogP contribution in [0, 0.1) is 20.8 Å². The lowest BCUT2D eigenvalue weighted by molar-refractivity contribution is 0.579. The monoisotopic (exact) mass is 373 g/mol. The summed E-state index contributed by atoms with van der Waals surface area (Å²) in [4.78, 5) is 0.224. The summed E-state index contributed by atoms with van der Waals surface area (Å²) in [5.41, 5.74) is 3.71. The molecular weight excluding hydrogens is 350 g/mol. The number of hydrogen-bond acceptors (Lipinski definition) is 4. The molecule has 7 nitrogen and oxygen atoms in total. The Kier molecular flexibility index (Phi) is 4.97. The number of benzene rings is 1. The van der Waals surface area contributed by atoms with Crippen molar-refractivity contribution in [2.24, 2.45) is 0 Å². The van der Waals surface area contributed by atoms with Crippen LogP contribution < -0.4 is 4.72 Å². The number of para-hydroxylation sites is 1.